The second-order valence-electron chi connectivity index (χ2n) is 6.31. The zero-order valence-corrected chi connectivity index (χ0v) is 17.2. The Morgan fingerprint density at radius 2 is 2.06 bits per heavy atom. The fraction of sp³-hybridized carbons (Fsp3) is 0.294. The van der Waals surface area contributed by atoms with Gasteiger partial charge in [0.2, 0.25) is 5.96 Å². The number of carboxylic acid groups (broad SMARTS) is 1. The van der Waals surface area contributed by atoms with Crippen molar-refractivity contribution in [2.24, 2.45) is 10.7 Å². The second kappa shape index (κ2) is 9.32. The molecule has 174 valence electrons. The molecule has 0 bridgehead atoms. The minimum atomic E-state index is -4.92. The fourth-order valence-electron chi connectivity index (χ4n) is 3.15. The van der Waals surface area contributed by atoms with E-state index >= 15 is 0 Å². The van der Waals surface area contributed by atoms with Gasteiger partial charge in [-0.3, -0.25) is 14.6 Å². The third-order valence-corrected chi connectivity index (χ3v) is 4.45. The maximum atomic E-state index is 13.9. The van der Waals surface area contributed by atoms with Gasteiger partial charge in [-0.15, -0.1) is 12.4 Å². The van der Waals surface area contributed by atoms with Gasteiger partial charge in [0.25, 0.3) is 5.91 Å². The lowest BCUT2D eigenvalue weighted by Gasteiger charge is -2.38. The lowest BCUT2D eigenvalue weighted by molar-refractivity contribution is -0.137. The van der Waals surface area contributed by atoms with Gasteiger partial charge in [-0.2, -0.15) is 13.2 Å². The van der Waals surface area contributed by atoms with Crippen molar-refractivity contribution in [3.8, 4) is 0 Å². The standard InChI is InChI=1S/C17H17F3N6O5.ClH/c1-22-13(27)8-3-2-4-9(17(18,19)20)11(8)26-12(21)10(31-16(29)30)7-24-14(26)25-6-5-23-15(25)28;/h2-4,7,12H,5-6,21H2,1H3,(H,22,27)(H,23,28)(H,29,30);1H. The zero-order valence-electron chi connectivity index (χ0n) is 16.3. The van der Waals surface area contributed by atoms with E-state index in [0.717, 1.165) is 34.2 Å². The minimum Gasteiger partial charge on any atom is -0.449 e. The Kier molecular flexibility index (Phi) is 7.20. The highest BCUT2D eigenvalue weighted by atomic mass is 35.5. The second-order valence-corrected chi connectivity index (χ2v) is 6.31. The van der Waals surface area contributed by atoms with Crippen molar-refractivity contribution in [2.45, 2.75) is 12.3 Å². The van der Waals surface area contributed by atoms with Crippen LogP contribution in [-0.2, 0) is 10.9 Å². The molecule has 1 aromatic carbocycles. The Hall–Kier alpha value is -3.52. The van der Waals surface area contributed by atoms with E-state index in [1.807, 2.05) is 0 Å². The first-order chi connectivity index (χ1) is 14.6. The van der Waals surface area contributed by atoms with Crippen LogP contribution < -0.4 is 21.3 Å². The summed E-state index contributed by atoms with van der Waals surface area (Å²) in [7, 11) is 1.23. The molecule has 2 aliphatic heterocycles. The van der Waals surface area contributed by atoms with Gasteiger partial charge in [-0.05, 0) is 12.1 Å². The van der Waals surface area contributed by atoms with Gasteiger partial charge in [0.05, 0.1) is 23.0 Å². The molecule has 0 aliphatic carbocycles. The molecular formula is C17H18ClF3N6O5. The molecular weight excluding hydrogens is 461 g/mol. The predicted octanol–water partition coefficient (Wildman–Crippen LogP) is 1.51. The average molecular weight is 479 g/mol. The highest BCUT2D eigenvalue weighted by Crippen LogP contribution is 2.41. The van der Waals surface area contributed by atoms with Crippen LogP contribution in [-0.4, -0.2) is 60.4 Å². The molecule has 32 heavy (non-hydrogen) atoms. The number of carbonyl (C=O) groups excluding carboxylic acids is 2. The zero-order chi connectivity index (χ0) is 22.9. The minimum absolute atomic E-state index is 0. The van der Waals surface area contributed by atoms with E-state index in [1.54, 1.807) is 0 Å². The van der Waals surface area contributed by atoms with Gasteiger partial charge in [0.15, 0.2) is 5.76 Å². The van der Waals surface area contributed by atoms with Crippen LogP contribution in [0.5, 0.6) is 0 Å². The van der Waals surface area contributed by atoms with Crippen molar-refractivity contribution in [3.63, 3.8) is 0 Å². The van der Waals surface area contributed by atoms with E-state index in [2.05, 4.69) is 20.4 Å². The summed E-state index contributed by atoms with van der Waals surface area (Å²) in [6.45, 7) is 0.236. The van der Waals surface area contributed by atoms with Crippen molar-refractivity contribution >= 4 is 42.1 Å². The molecule has 2 aliphatic rings. The number of nitrogens with zero attached hydrogens (tertiary/aromatic N) is 3. The fourth-order valence-corrected chi connectivity index (χ4v) is 3.15. The number of hydrogen-bond acceptors (Lipinski definition) is 7. The number of amides is 3. The summed E-state index contributed by atoms with van der Waals surface area (Å²) in [6, 6.07) is 2.24. The molecule has 15 heteroatoms. The quantitative estimate of drug-likeness (QED) is 0.481. The number of alkyl halides is 3. The number of nitrogens with one attached hydrogen (secondary N) is 2. The number of para-hydroxylation sites is 1. The molecule has 3 rings (SSSR count). The molecule has 11 nitrogen and oxygen atoms in total. The van der Waals surface area contributed by atoms with Crippen LogP contribution in [0.2, 0.25) is 0 Å². The van der Waals surface area contributed by atoms with Crippen LogP contribution in [0.15, 0.2) is 35.2 Å². The van der Waals surface area contributed by atoms with Crippen molar-refractivity contribution in [1.29, 1.82) is 0 Å². The summed E-state index contributed by atoms with van der Waals surface area (Å²) >= 11 is 0. The Balaban J connectivity index is 0.00000363. The normalized spacial score (nSPS) is 18.3. The summed E-state index contributed by atoms with van der Waals surface area (Å²) in [5.74, 6) is -1.70. The van der Waals surface area contributed by atoms with Gasteiger partial charge in [0, 0.05) is 20.1 Å². The molecule has 5 N–H and O–H groups in total. The van der Waals surface area contributed by atoms with Crippen molar-refractivity contribution in [1.82, 2.24) is 15.5 Å². The lowest BCUT2D eigenvalue weighted by atomic mass is 10.0. The molecule has 0 radical (unpaired) electrons. The van der Waals surface area contributed by atoms with Crippen LogP contribution in [0.25, 0.3) is 0 Å². The van der Waals surface area contributed by atoms with Crippen LogP contribution in [0.1, 0.15) is 15.9 Å². The third-order valence-electron chi connectivity index (χ3n) is 4.45. The van der Waals surface area contributed by atoms with Gasteiger partial charge < -0.3 is 26.2 Å². The van der Waals surface area contributed by atoms with Crippen molar-refractivity contribution in [3.05, 3.63) is 41.3 Å². The van der Waals surface area contributed by atoms with Crippen molar-refractivity contribution < 1.29 is 37.4 Å². The summed E-state index contributed by atoms with van der Waals surface area (Å²) in [5.41, 5.74) is 3.69. The number of carbonyl (C=O) groups is 3. The number of benzene rings is 1. The number of guanidine groups is 1. The van der Waals surface area contributed by atoms with E-state index in [4.69, 9.17) is 10.8 Å². The summed E-state index contributed by atoms with van der Waals surface area (Å²) in [4.78, 5) is 41.3. The monoisotopic (exact) mass is 478 g/mol. The summed E-state index contributed by atoms with van der Waals surface area (Å²) in [5, 5.41) is 13.6. The molecule has 0 aromatic heterocycles. The largest absolute Gasteiger partial charge is 0.511 e. The van der Waals surface area contributed by atoms with E-state index in [1.165, 1.54) is 7.05 Å². The first-order valence-corrected chi connectivity index (χ1v) is 8.77. The number of rotatable bonds is 3. The van der Waals surface area contributed by atoms with Crippen LogP contribution >= 0.6 is 12.4 Å². The SMILES string of the molecule is CNC(=O)c1cccc(C(F)(F)F)c1N1C(N2CCNC2=O)=NC=C(OC(=O)O)C1N.Cl. The van der Waals surface area contributed by atoms with Crippen LogP contribution in [0.3, 0.4) is 0 Å². The summed E-state index contributed by atoms with van der Waals surface area (Å²) in [6.07, 6.45) is -7.45. The Labute approximate surface area is 185 Å². The Morgan fingerprint density at radius 3 is 2.59 bits per heavy atom. The van der Waals surface area contributed by atoms with E-state index in [-0.39, 0.29) is 31.5 Å². The number of hydrogen-bond donors (Lipinski definition) is 4. The number of nitrogens with two attached hydrogens (primary N) is 1. The predicted molar refractivity (Wildman–Crippen MR) is 107 cm³/mol. The number of halogens is 4. The number of anilines is 1. The molecule has 1 atom stereocenters. The van der Waals surface area contributed by atoms with Crippen molar-refractivity contribution in [2.75, 3.05) is 25.0 Å². The molecule has 1 aromatic rings. The Bertz CT molecular complexity index is 999. The smallest absolute Gasteiger partial charge is 0.449 e. The molecule has 0 spiro atoms. The van der Waals surface area contributed by atoms with Crippen LogP contribution in [0.4, 0.5) is 28.4 Å². The molecule has 3 amide bonds. The maximum absolute atomic E-state index is 13.9. The number of aliphatic imine (C=N–C) groups is 1. The highest BCUT2D eigenvalue weighted by molar-refractivity contribution is 6.11. The van der Waals surface area contributed by atoms with Crippen LogP contribution in [0, 0.1) is 0 Å². The third kappa shape index (κ3) is 4.55. The highest BCUT2D eigenvalue weighted by Gasteiger charge is 2.43. The van der Waals surface area contributed by atoms with Gasteiger partial charge in [-0.1, -0.05) is 6.07 Å². The first kappa shape index (κ1) is 24.7. The van der Waals surface area contributed by atoms with E-state index < -0.39 is 53.0 Å². The van der Waals surface area contributed by atoms with E-state index in [0.29, 0.717) is 0 Å². The lowest BCUT2D eigenvalue weighted by Crippen LogP contribution is -2.57. The summed E-state index contributed by atoms with van der Waals surface area (Å²) < 4.78 is 46.2. The van der Waals surface area contributed by atoms with Gasteiger partial charge in [-0.25, -0.2) is 14.6 Å². The average Bonchev–Trinajstić information content (AvgIpc) is 3.13. The molecule has 1 saturated heterocycles. The molecule has 0 saturated carbocycles. The topological polar surface area (TPSA) is 150 Å². The van der Waals surface area contributed by atoms with E-state index in [9.17, 15) is 27.6 Å². The maximum Gasteiger partial charge on any atom is 0.511 e. The molecule has 1 unspecified atom stereocenters. The van der Waals surface area contributed by atoms with Gasteiger partial charge in [0.1, 0.15) is 6.17 Å². The molecule has 2 heterocycles. The van der Waals surface area contributed by atoms with Gasteiger partial charge >= 0.3 is 18.4 Å². The first-order valence-electron chi connectivity index (χ1n) is 8.77. The Morgan fingerprint density at radius 1 is 1.38 bits per heavy atom. The number of urea groups is 1. The number of ether oxygens (including phenoxy) is 1. The molecule has 1 fully saturated rings.